The molecule has 0 N–H and O–H groups in total. The molecule has 0 saturated heterocycles. The topological polar surface area (TPSA) is 86.5 Å². The lowest BCUT2D eigenvalue weighted by molar-refractivity contribution is -0.385. The smallest absolute Gasteiger partial charge is 0.364 e. The van der Waals surface area contributed by atoms with Crippen molar-refractivity contribution in [3.05, 3.63) is 33.9 Å². The van der Waals surface area contributed by atoms with Gasteiger partial charge in [0.25, 0.3) is 3.79 Å². The Morgan fingerprint density at radius 3 is 2.32 bits per heavy atom. The predicted octanol–water partition coefficient (Wildman–Crippen LogP) is 3.07. The zero-order valence-electron chi connectivity index (χ0n) is 9.35. The second-order valence-corrected chi connectivity index (χ2v) is 5.64. The van der Waals surface area contributed by atoms with Gasteiger partial charge in [-0.05, 0) is 13.0 Å². The molecular formula is C10H6Cl3NO5. The van der Waals surface area contributed by atoms with Gasteiger partial charge in [0.2, 0.25) is 5.75 Å². The maximum Gasteiger partial charge on any atom is 0.364 e. The number of ether oxygens (including phenoxy) is 1. The van der Waals surface area contributed by atoms with Crippen molar-refractivity contribution in [1.29, 1.82) is 0 Å². The number of carbonyl (C=O) groups is 2. The minimum Gasteiger partial charge on any atom is -0.415 e. The van der Waals surface area contributed by atoms with Gasteiger partial charge in [-0.1, -0.05) is 40.9 Å². The van der Waals surface area contributed by atoms with Crippen LogP contribution in [0.5, 0.6) is 5.75 Å². The summed E-state index contributed by atoms with van der Waals surface area (Å²) in [6.45, 7) is 1.16. The van der Waals surface area contributed by atoms with Crippen LogP contribution in [-0.4, -0.2) is 20.5 Å². The number of hydrogen-bond donors (Lipinski definition) is 0. The summed E-state index contributed by atoms with van der Waals surface area (Å²) in [6.07, 6.45) is 0. The number of esters is 1. The van der Waals surface area contributed by atoms with Crippen LogP contribution >= 0.6 is 34.8 Å². The number of halogens is 3. The molecule has 9 heteroatoms. The van der Waals surface area contributed by atoms with Crippen molar-refractivity contribution in [1.82, 2.24) is 0 Å². The first-order chi connectivity index (χ1) is 8.64. The number of nitro benzene ring substituents is 1. The van der Waals surface area contributed by atoms with Crippen molar-refractivity contribution in [3.63, 3.8) is 0 Å². The minimum atomic E-state index is -2.40. The molecule has 0 unspecified atom stereocenters. The molecule has 1 aromatic rings. The van der Waals surface area contributed by atoms with E-state index in [0.29, 0.717) is 0 Å². The second kappa shape index (κ2) is 5.73. The Labute approximate surface area is 122 Å². The Bertz CT molecular complexity index is 520. The van der Waals surface area contributed by atoms with Gasteiger partial charge in [0, 0.05) is 6.07 Å². The van der Waals surface area contributed by atoms with E-state index in [1.807, 2.05) is 0 Å². The summed E-state index contributed by atoms with van der Waals surface area (Å²) in [7, 11) is 0. The molecule has 6 nitrogen and oxygen atoms in total. The zero-order valence-corrected chi connectivity index (χ0v) is 11.6. The van der Waals surface area contributed by atoms with Crippen molar-refractivity contribution in [2.45, 2.75) is 10.7 Å². The molecule has 0 bridgehead atoms. The fourth-order valence-electron chi connectivity index (χ4n) is 1.20. The van der Waals surface area contributed by atoms with Crippen molar-refractivity contribution < 1.29 is 19.2 Å². The Morgan fingerprint density at radius 2 is 1.89 bits per heavy atom. The van der Waals surface area contributed by atoms with Gasteiger partial charge in [-0.25, -0.2) is 4.79 Å². The van der Waals surface area contributed by atoms with Crippen molar-refractivity contribution in [2.24, 2.45) is 0 Å². The Morgan fingerprint density at radius 1 is 1.32 bits per heavy atom. The van der Waals surface area contributed by atoms with Crippen LogP contribution in [0.2, 0.25) is 0 Å². The van der Waals surface area contributed by atoms with Gasteiger partial charge in [0.1, 0.15) is 0 Å². The fourth-order valence-corrected chi connectivity index (χ4v) is 1.32. The van der Waals surface area contributed by atoms with E-state index in [0.717, 1.165) is 13.0 Å². The molecule has 0 heterocycles. The second-order valence-electron chi connectivity index (χ2n) is 3.35. The molecule has 0 aliphatic heterocycles. The van der Waals surface area contributed by atoms with E-state index in [1.165, 1.54) is 12.1 Å². The van der Waals surface area contributed by atoms with E-state index in [-0.39, 0.29) is 5.56 Å². The summed E-state index contributed by atoms with van der Waals surface area (Å²) in [5.74, 6) is -2.42. The highest BCUT2D eigenvalue weighted by atomic mass is 35.6. The van der Waals surface area contributed by atoms with Crippen LogP contribution < -0.4 is 4.74 Å². The number of nitro groups is 1. The van der Waals surface area contributed by atoms with Crippen molar-refractivity contribution in [2.75, 3.05) is 0 Å². The number of ketones is 1. The van der Waals surface area contributed by atoms with Gasteiger partial charge in [-0.3, -0.25) is 14.9 Å². The van der Waals surface area contributed by atoms with E-state index in [4.69, 9.17) is 34.8 Å². The highest BCUT2D eigenvalue weighted by molar-refractivity contribution is 6.75. The fraction of sp³-hybridized carbons (Fsp3) is 0.200. The summed E-state index contributed by atoms with van der Waals surface area (Å²) in [5, 5.41) is 10.8. The lowest BCUT2D eigenvalue weighted by Gasteiger charge is -2.12. The maximum absolute atomic E-state index is 11.4. The molecular weight excluding hydrogens is 320 g/mol. The van der Waals surface area contributed by atoms with Gasteiger partial charge in [0.15, 0.2) is 5.78 Å². The summed E-state index contributed by atoms with van der Waals surface area (Å²) in [4.78, 5) is 32.8. The normalized spacial score (nSPS) is 10.9. The van der Waals surface area contributed by atoms with Gasteiger partial charge in [-0.15, -0.1) is 0 Å². The van der Waals surface area contributed by atoms with Crippen molar-refractivity contribution in [3.8, 4) is 5.75 Å². The molecule has 0 fully saturated rings. The van der Waals surface area contributed by atoms with Crippen LogP contribution in [0.25, 0.3) is 0 Å². The molecule has 0 spiro atoms. The standard InChI is InChI=1S/C10H6Cl3NO5/c1-5(15)6-3-2-4-7(14(17)18)8(6)19-9(16)10(11,12)13/h2-4H,1H3. The summed E-state index contributed by atoms with van der Waals surface area (Å²) in [6, 6.07) is 3.60. The van der Waals surface area contributed by atoms with E-state index in [2.05, 4.69) is 4.74 Å². The molecule has 0 aliphatic rings. The highest BCUT2D eigenvalue weighted by Gasteiger charge is 2.36. The van der Waals surface area contributed by atoms with Gasteiger partial charge >= 0.3 is 11.7 Å². The third-order valence-electron chi connectivity index (χ3n) is 2.00. The SMILES string of the molecule is CC(=O)c1cccc([N+](=O)[O-])c1OC(=O)C(Cl)(Cl)Cl. The number of hydrogen-bond acceptors (Lipinski definition) is 5. The Hall–Kier alpha value is -1.37. The van der Waals surface area contributed by atoms with Gasteiger partial charge < -0.3 is 4.74 Å². The molecule has 19 heavy (non-hydrogen) atoms. The highest BCUT2D eigenvalue weighted by Crippen LogP contribution is 2.35. The van der Waals surface area contributed by atoms with Crippen molar-refractivity contribution >= 4 is 52.2 Å². The van der Waals surface area contributed by atoms with Crippen LogP contribution in [0, 0.1) is 10.1 Å². The zero-order chi connectivity index (χ0) is 14.8. The number of nitrogens with zero attached hydrogens (tertiary/aromatic N) is 1. The van der Waals surface area contributed by atoms with E-state index in [1.54, 1.807) is 0 Å². The predicted molar refractivity (Wildman–Crippen MR) is 69.0 cm³/mol. The van der Waals surface area contributed by atoms with Crippen LogP contribution in [0.15, 0.2) is 18.2 Å². The largest absolute Gasteiger partial charge is 0.415 e. The molecule has 0 amide bonds. The molecule has 0 radical (unpaired) electrons. The molecule has 1 rings (SSSR count). The van der Waals surface area contributed by atoms with E-state index < -0.39 is 31.9 Å². The van der Waals surface area contributed by atoms with Crippen LogP contribution in [0.3, 0.4) is 0 Å². The lowest BCUT2D eigenvalue weighted by Crippen LogP contribution is -2.25. The first-order valence-corrected chi connectivity index (χ1v) is 5.85. The molecule has 0 aliphatic carbocycles. The summed E-state index contributed by atoms with van der Waals surface area (Å²) < 4.78 is 2.26. The first kappa shape index (κ1) is 15.7. The van der Waals surface area contributed by atoms with Gasteiger partial charge in [0.05, 0.1) is 10.5 Å². The quantitative estimate of drug-likeness (QED) is 0.213. The first-order valence-electron chi connectivity index (χ1n) is 4.72. The average Bonchev–Trinajstić information content (AvgIpc) is 2.27. The number of Topliss-reactive ketones (excluding diaryl/α,β-unsaturated/α-hetero) is 1. The monoisotopic (exact) mass is 325 g/mol. The Kier molecular flexibility index (Phi) is 4.73. The number of alkyl halides is 3. The third-order valence-corrected chi connectivity index (χ3v) is 2.46. The van der Waals surface area contributed by atoms with Crippen LogP contribution in [0.1, 0.15) is 17.3 Å². The summed E-state index contributed by atoms with van der Waals surface area (Å²) >= 11 is 15.9. The summed E-state index contributed by atoms with van der Waals surface area (Å²) in [5.41, 5.74) is -0.730. The number of carbonyl (C=O) groups excluding carboxylic acids is 2. The number of benzene rings is 1. The van der Waals surface area contributed by atoms with E-state index >= 15 is 0 Å². The number of rotatable bonds is 3. The molecule has 102 valence electrons. The molecule has 0 atom stereocenters. The Balaban J connectivity index is 3.34. The van der Waals surface area contributed by atoms with E-state index in [9.17, 15) is 19.7 Å². The minimum absolute atomic E-state index is 0.156. The van der Waals surface area contributed by atoms with Crippen LogP contribution in [0.4, 0.5) is 5.69 Å². The average molecular weight is 327 g/mol. The third kappa shape index (κ3) is 3.79. The molecule has 0 saturated carbocycles. The van der Waals surface area contributed by atoms with Gasteiger partial charge in [-0.2, -0.15) is 0 Å². The lowest BCUT2D eigenvalue weighted by atomic mass is 10.1. The van der Waals surface area contributed by atoms with Crippen LogP contribution in [-0.2, 0) is 4.79 Å². The number of para-hydroxylation sites is 1. The molecule has 0 aromatic heterocycles. The maximum atomic E-state index is 11.4. The molecule has 1 aromatic carbocycles.